The van der Waals surface area contributed by atoms with E-state index in [0.29, 0.717) is 5.69 Å². The lowest BCUT2D eigenvalue weighted by atomic mass is 9.79. The van der Waals surface area contributed by atoms with Gasteiger partial charge in [0.15, 0.2) is 0 Å². The van der Waals surface area contributed by atoms with Crippen LogP contribution in [0, 0.1) is 23.7 Å². The summed E-state index contributed by atoms with van der Waals surface area (Å²) in [5.74, 6) is -0.653. The molecule has 6 rings (SSSR count). The number of fused-ring (bicyclic) bond motifs is 4. The molecule has 0 spiro atoms. The van der Waals surface area contributed by atoms with E-state index in [1.807, 2.05) is 42.5 Å². The molecule has 3 aliphatic rings. The van der Waals surface area contributed by atoms with Crippen LogP contribution < -0.4 is 5.32 Å². The molecule has 2 aromatic carbocycles. The van der Waals surface area contributed by atoms with Gasteiger partial charge < -0.3 is 14.5 Å². The van der Waals surface area contributed by atoms with E-state index in [0.717, 1.165) is 28.4 Å². The van der Waals surface area contributed by atoms with E-state index in [9.17, 15) is 9.59 Å². The van der Waals surface area contributed by atoms with E-state index in [1.54, 1.807) is 0 Å². The van der Waals surface area contributed by atoms with Crippen LogP contribution in [0.5, 0.6) is 0 Å². The van der Waals surface area contributed by atoms with Gasteiger partial charge in [0, 0.05) is 28.4 Å². The van der Waals surface area contributed by atoms with Crippen molar-refractivity contribution in [1.82, 2.24) is 0 Å². The number of amides is 1. The van der Waals surface area contributed by atoms with E-state index in [4.69, 9.17) is 9.15 Å². The SMILES string of the molecule is O=C(Nc1ccc2c(c1)oc1ccccc12)C1C2CC3C(OC(=O)C31)C2Br. The number of halogens is 1. The lowest BCUT2D eigenvalue weighted by molar-refractivity contribution is -0.145. The summed E-state index contributed by atoms with van der Waals surface area (Å²) in [5, 5.41) is 5.08. The van der Waals surface area contributed by atoms with E-state index < -0.39 is 0 Å². The summed E-state index contributed by atoms with van der Waals surface area (Å²) in [6.07, 6.45) is 0.806. The molecule has 0 radical (unpaired) electrons. The largest absolute Gasteiger partial charge is 0.461 e. The highest BCUT2D eigenvalue weighted by Gasteiger charge is 2.67. The number of hydrogen-bond acceptors (Lipinski definition) is 4. The van der Waals surface area contributed by atoms with E-state index >= 15 is 0 Å². The van der Waals surface area contributed by atoms with Gasteiger partial charge in [0.25, 0.3) is 0 Å². The number of nitrogens with one attached hydrogen (secondary N) is 1. The Morgan fingerprint density at radius 2 is 1.89 bits per heavy atom. The second-order valence-corrected chi connectivity index (χ2v) is 8.82. The van der Waals surface area contributed by atoms with Crippen molar-refractivity contribution in [3.8, 4) is 0 Å². The summed E-state index contributed by atoms with van der Waals surface area (Å²) in [4.78, 5) is 25.3. The van der Waals surface area contributed by atoms with Crippen molar-refractivity contribution in [3.63, 3.8) is 0 Å². The fourth-order valence-corrected chi connectivity index (χ4v) is 6.40. The van der Waals surface area contributed by atoms with Gasteiger partial charge >= 0.3 is 5.97 Å². The number of esters is 1. The van der Waals surface area contributed by atoms with Crippen LogP contribution in [-0.2, 0) is 14.3 Å². The number of para-hydroxylation sites is 1. The molecular formula is C21H16BrNO4. The predicted molar refractivity (Wildman–Crippen MR) is 104 cm³/mol. The molecule has 1 N–H and O–H groups in total. The van der Waals surface area contributed by atoms with Crippen LogP contribution in [0.4, 0.5) is 5.69 Å². The minimum atomic E-state index is -0.336. The topological polar surface area (TPSA) is 68.5 Å². The zero-order chi connectivity index (χ0) is 18.3. The molecule has 2 aliphatic carbocycles. The number of carbonyl (C=O) groups excluding carboxylic acids is 2. The first-order valence-electron chi connectivity index (χ1n) is 9.18. The molecule has 27 heavy (non-hydrogen) atoms. The van der Waals surface area contributed by atoms with Crippen LogP contribution in [-0.4, -0.2) is 22.8 Å². The number of ether oxygens (including phenoxy) is 1. The first kappa shape index (κ1) is 15.7. The Morgan fingerprint density at radius 3 is 2.78 bits per heavy atom. The van der Waals surface area contributed by atoms with Crippen LogP contribution >= 0.6 is 15.9 Å². The van der Waals surface area contributed by atoms with Gasteiger partial charge in [-0.05, 0) is 30.5 Å². The fourth-order valence-electron chi connectivity index (χ4n) is 5.36. The maximum absolute atomic E-state index is 13.0. The molecular weight excluding hydrogens is 410 g/mol. The molecule has 136 valence electrons. The summed E-state index contributed by atoms with van der Waals surface area (Å²) in [6, 6.07) is 13.6. The Morgan fingerprint density at radius 1 is 1.07 bits per heavy atom. The molecule has 6 atom stereocenters. The number of carbonyl (C=O) groups is 2. The van der Waals surface area contributed by atoms with Gasteiger partial charge in [0.05, 0.1) is 16.7 Å². The average molecular weight is 426 g/mol. The number of hydrogen-bond donors (Lipinski definition) is 1. The fraction of sp³-hybridized carbons (Fsp3) is 0.333. The minimum absolute atomic E-state index is 0.0663. The number of rotatable bonds is 2. The quantitative estimate of drug-likeness (QED) is 0.495. The first-order chi connectivity index (χ1) is 13.1. The molecule has 2 saturated carbocycles. The third kappa shape index (κ3) is 2.05. The Bertz CT molecular complexity index is 1120. The Kier molecular flexibility index (Phi) is 3.11. The molecule has 1 amide bonds. The van der Waals surface area contributed by atoms with Gasteiger partial charge in [-0.15, -0.1) is 0 Å². The molecule has 1 aliphatic heterocycles. The average Bonchev–Trinajstić information content (AvgIpc) is 3.36. The summed E-state index contributed by atoms with van der Waals surface area (Å²) < 4.78 is 11.4. The van der Waals surface area contributed by atoms with Crippen molar-refractivity contribution in [2.75, 3.05) is 5.32 Å². The molecule has 1 saturated heterocycles. The van der Waals surface area contributed by atoms with Crippen LogP contribution in [0.2, 0.25) is 0 Å². The third-order valence-electron chi connectivity index (χ3n) is 6.47. The highest BCUT2D eigenvalue weighted by molar-refractivity contribution is 9.09. The second-order valence-electron chi connectivity index (χ2n) is 7.76. The van der Waals surface area contributed by atoms with Crippen LogP contribution in [0.25, 0.3) is 21.9 Å². The van der Waals surface area contributed by atoms with E-state index in [2.05, 4.69) is 21.2 Å². The Balaban J connectivity index is 1.32. The van der Waals surface area contributed by atoms with Crippen molar-refractivity contribution in [1.29, 1.82) is 0 Å². The molecule has 3 fully saturated rings. The van der Waals surface area contributed by atoms with Crippen LogP contribution in [0.1, 0.15) is 6.42 Å². The standard InChI is InChI=1S/C21H16BrNO4/c22-18-12-8-13-17(21(25)27-19(13)18)16(12)20(24)23-9-5-6-11-10-3-1-2-4-14(10)26-15(11)7-9/h1-7,12-13,16-19H,8H2,(H,23,24). The summed E-state index contributed by atoms with van der Waals surface area (Å²) in [7, 11) is 0. The number of anilines is 1. The number of benzene rings is 2. The van der Waals surface area contributed by atoms with Gasteiger partial charge in [0.2, 0.25) is 5.91 Å². The lowest BCUT2D eigenvalue weighted by Crippen LogP contribution is -2.40. The van der Waals surface area contributed by atoms with Crippen molar-refractivity contribution >= 4 is 55.4 Å². The number of furan rings is 1. The zero-order valence-electron chi connectivity index (χ0n) is 14.2. The van der Waals surface area contributed by atoms with Crippen molar-refractivity contribution in [2.45, 2.75) is 17.4 Å². The molecule has 3 aromatic rings. The first-order valence-corrected chi connectivity index (χ1v) is 10.1. The van der Waals surface area contributed by atoms with Gasteiger partial charge in [0.1, 0.15) is 17.3 Å². The van der Waals surface area contributed by atoms with Crippen molar-refractivity contribution < 1.29 is 18.7 Å². The van der Waals surface area contributed by atoms with Crippen LogP contribution in [0.3, 0.4) is 0 Å². The Hall–Kier alpha value is -2.34. The monoisotopic (exact) mass is 425 g/mol. The molecule has 6 unspecified atom stereocenters. The van der Waals surface area contributed by atoms with E-state index in [1.165, 1.54) is 0 Å². The molecule has 2 heterocycles. The Labute approximate surface area is 163 Å². The number of alkyl halides is 1. The van der Waals surface area contributed by atoms with Gasteiger partial charge in [-0.2, -0.15) is 0 Å². The van der Waals surface area contributed by atoms with Gasteiger partial charge in [-0.3, -0.25) is 9.59 Å². The third-order valence-corrected chi connectivity index (χ3v) is 7.67. The molecule has 2 bridgehead atoms. The smallest absolute Gasteiger partial charge is 0.310 e. The van der Waals surface area contributed by atoms with E-state index in [-0.39, 0.29) is 46.5 Å². The molecule has 5 nitrogen and oxygen atoms in total. The zero-order valence-corrected chi connectivity index (χ0v) is 15.8. The van der Waals surface area contributed by atoms with Crippen LogP contribution in [0.15, 0.2) is 46.9 Å². The predicted octanol–water partition coefficient (Wildman–Crippen LogP) is 4.10. The summed E-state index contributed by atoms with van der Waals surface area (Å²) in [6.45, 7) is 0. The molecule has 1 aromatic heterocycles. The van der Waals surface area contributed by atoms with Gasteiger partial charge in [-0.1, -0.05) is 34.1 Å². The normalized spacial score (nSPS) is 33.7. The highest BCUT2D eigenvalue weighted by Crippen LogP contribution is 2.60. The van der Waals surface area contributed by atoms with Crippen molar-refractivity contribution in [2.24, 2.45) is 23.7 Å². The minimum Gasteiger partial charge on any atom is -0.461 e. The van der Waals surface area contributed by atoms with Crippen molar-refractivity contribution in [3.05, 3.63) is 42.5 Å². The lowest BCUT2D eigenvalue weighted by Gasteiger charge is -2.27. The summed E-state index contributed by atoms with van der Waals surface area (Å²) in [5.41, 5.74) is 2.25. The maximum atomic E-state index is 13.0. The summed E-state index contributed by atoms with van der Waals surface area (Å²) >= 11 is 3.65. The second kappa shape index (κ2) is 5.35. The maximum Gasteiger partial charge on any atom is 0.310 e. The molecule has 6 heteroatoms. The highest BCUT2D eigenvalue weighted by atomic mass is 79.9. The van der Waals surface area contributed by atoms with Gasteiger partial charge in [-0.25, -0.2) is 0 Å².